The Bertz CT molecular complexity index is 481. The summed E-state index contributed by atoms with van der Waals surface area (Å²) in [4.78, 5) is 8.62. The Morgan fingerprint density at radius 2 is 2.00 bits per heavy atom. The number of nitrogens with one attached hydrogen (secondary N) is 1. The normalized spacial score (nSPS) is 10.6. The van der Waals surface area contributed by atoms with Crippen molar-refractivity contribution in [3.8, 4) is 0 Å². The number of hydrogen-bond acceptors (Lipinski definition) is 4. The molecule has 1 aromatic carbocycles. The third-order valence-corrected chi connectivity index (χ3v) is 2.89. The van der Waals surface area contributed by atoms with Crippen molar-refractivity contribution in [2.24, 2.45) is 0 Å². The highest BCUT2D eigenvalue weighted by Gasteiger charge is 1.99. The highest BCUT2D eigenvalue weighted by atomic mass is 16.3. The van der Waals surface area contributed by atoms with Gasteiger partial charge < -0.3 is 10.4 Å². The molecular weight excluding hydrogens is 238 g/mol. The highest BCUT2D eigenvalue weighted by molar-refractivity contribution is 5.22. The number of aromatic nitrogens is 2. The minimum absolute atomic E-state index is 0.0829. The van der Waals surface area contributed by atoms with E-state index in [9.17, 15) is 0 Å². The van der Waals surface area contributed by atoms with Gasteiger partial charge in [-0.15, -0.1) is 0 Å². The monoisotopic (exact) mass is 257 g/mol. The number of aliphatic hydroxyl groups excluding tert-OH is 1. The van der Waals surface area contributed by atoms with Crippen molar-refractivity contribution in [3.05, 3.63) is 59.2 Å². The quantitative estimate of drug-likeness (QED) is 0.829. The molecule has 100 valence electrons. The van der Waals surface area contributed by atoms with Gasteiger partial charge in [0.15, 0.2) is 0 Å². The van der Waals surface area contributed by atoms with Gasteiger partial charge in [0.25, 0.3) is 0 Å². The Kier molecular flexibility index (Phi) is 5.01. The van der Waals surface area contributed by atoms with Gasteiger partial charge in [-0.05, 0) is 17.2 Å². The van der Waals surface area contributed by atoms with E-state index < -0.39 is 0 Å². The fourth-order valence-corrected chi connectivity index (χ4v) is 1.88. The Morgan fingerprint density at radius 3 is 2.79 bits per heavy atom. The van der Waals surface area contributed by atoms with E-state index in [0.29, 0.717) is 0 Å². The molecule has 0 atom stereocenters. The summed E-state index contributed by atoms with van der Waals surface area (Å²) in [5.41, 5.74) is 3.11. The van der Waals surface area contributed by atoms with E-state index in [-0.39, 0.29) is 6.61 Å². The van der Waals surface area contributed by atoms with Crippen molar-refractivity contribution in [1.29, 1.82) is 0 Å². The van der Waals surface area contributed by atoms with Crippen LogP contribution in [0.3, 0.4) is 0 Å². The molecule has 1 heterocycles. The molecule has 0 radical (unpaired) electrons. The van der Waals surface area contributed by atoms with Gasteiger partial charge in [0.1, 0.15) is 5.82 Å². The zero-order valence-electron chi connectivity index (χ0n) is 11.1. The molecule has 4 heteroatoms. The van der Waals surface area contributed by atoms with Crippen LogP contribution in [0.2, 0.25) is 0 Å². The van der Waals surface area contributed by atoms with Gasteiger partial charge in [-0.2, -0.15) is 0 Å². The van der Waals surface area contributed by atoms with Crippen molar-refractivity contribution in [3.63, 3.8) is 0 Å². The van der Waals surface area contributed by atoms with E-state index >= 15 is 0 Å². The van der Waals surface area contributed by atoms with E-state index in [4.69, 9.17) is 5.11 Å². The summed E-state index contributed by atoms with van der Waals surface area (Å²) in [6, 6.07) is 9.86. The van der Waals surface area contributed by atoms with Crippen LogP contribution in [0.1, 0.15) is 29.6 Å². The summed E-state index contributed by atoms with van der Waals surface area (Å²) in [7, 11) is 0. The molecule has 0 saturated heterocycles. The van der Waals surface area contributed by atoms with E-state index in [0.717, 1.165) is 42.2 Å². The van der Waals surface area contributed by atoms with Crippen molar-refractivity contribution >= 4 is 0 Å². The number of aryl methyl sites for hydroxylation is 1. The molecule has 2 rings (SSSR count). The second-order valence-electron chi connectivity index (χ2n) is 4.40. The molecule has 4 nitrogen and oxygen atoms in total. The number of benzene rings is 1. The van der Waals surface area contributed by atoms with Crippen LogP contribution < -0.4 is 5.32 Å². The summed E-state index contributed by atoms with van der Waals surface area (Å²) in [6.07, 6.45) is 2.65. The lowest BCUT2D eigenvalue weighted by atomic mass is 10.1. The van der Waals surface area contributed by atoms with E-state index in [1.165, 1.54) is 0 Å². The fraction of sp³-hybridized carbons (Fsp3) is 0.333. The maximum absolute atomic E-state index is 9.09. The maximum Gasteiger partial charge on any atom is 0.128 e. The van der Waals surface area contributed by atoms with Gasteiger partial charge in [0, 0.05) is 25.7 Å². The molecule has 0 saturated carbocycles. The van der Waals surface area contributed by atoms with Crippen LogP contribution in [0.25, 0.3) is 0 Å². The average molecular weight is 257 g/mol. The highest BCUT2D eigenvalue weighted by Crippen LogP contribution is 2.05. The molecule has 0 aliphatic carbocycles. The van der Waals surface area contributed by atoms with Gasteiger partial charge in [0.05, 0.1) is 12.3 Å². The first-order valence-electron chi connectivity index (χ1n) is 6.52. The lowest BCUT2D eigenvalue weighted by Crippen LogP contribution is -2.14. The Balaban J connectivity index is 1.88. The van der Waals surface area contributed by atoms with E-state index in [2.05, 4.69) is 15.3 Å². The third-order valence-electron chi connectivity index (χ3n) is 2.89. The van der Waals surface area contributed by atoms with Gasteiger partial charge in [0.2, 0.25) is 0 Å². The molecule has 2 N–H and O–H groups in total. The molecule has 2 aromatic rings. The predicted molar refractivity (Wildman–Crippen MR) is 74.3 cm³/mol. The first kappa shape index (κ1) is 13.6. The van der Waals surface area contributed by atoms with Crippen LogP contribution in [-0.4, -0.2) is 15.1 Å². The zero-order valence-corrected chi connectivity index (χ0v) is 11.1. The van der Waals surface area contributed by atoms with Gasteiger partial charge in [-0.1, -0.05) is 31.2 Å². The van der Waals surface area contributed by atoms with Crippen LogP contribution in [0.4, 0.5) is 0 Å². The SMILES string of the molecule is CCc1nccc(CNCc2cccc(CO)c2)n1. The lowest BCUT2D eigenvalue weighted by molar-refractivity contribution is 0.281. The van der Waals surface area contributed by atoms with Crippen molar-refractivity contribution in [2.45, 2.75) is 33.0 Å². The number of hydrogen-bond donors (Lipinski definition) is 2. The van der Waals surface area contributed by atoms with Gasteiger partial charge >= 0.3 is 0 Å². The largest absolute Gasteiger partial charge is 0.392 e. The van der Waals surface area contributed by atoms with Crippen LogP contribution in [-0.2, 0) is 26.1 Å². The van der Waals surface area contributed by atoms with Gasteiger partial charge in [-0.3, -0.25) is 0 Å². The number of nitrogens with zero attached hydrogens (tertiary/aromatic N) is 2. The Morgan fingerprint density at radius 1 is 1.16 bits per heavy atom. The molecule has 1 aromatic heterocycles. The summed E-state index contributed by atoms with van der Waals surface area (Å²) in [6.45, 7) is 3.62. The van der Waals surface area contributed by atoms with Crippen LogP contribution in [0.15, 0.2) is 36.5 Å². The molecule has 19 heavy (non-hydrogen) atoms. The second-order valence-corrected chi connectivity index (χ2v) is 4.40. The first-order chi connectivity index (χ1) is 9.31. The van der Waals surface area contributed by atoms with Crippen LogP contribution in [0, 0.1) is 0 Å². The topological polar surface area (TPSA) is 58.0 Å². The fourth-order valence-electron chi connectivity index (χ4n) is 1.88. The lowest BCUT2D eigenvalue weighted by Gasteiger charge is -2.06. The Labute approximate surface area is 113 Å². The average Bonchev–Trinajstić information content (AvgIpc) is 2.48. The second kappa shape index (κ2) is 6.97. The summed E-state index contributed by atoms with van der Waals surface area (Å²) >= 11 is 0. The smallest absolute Gasteiger partial charge is 0.128 e. The molecule has 0 aliphatic rings. The minimum Gasteiger partial charge on any atom is -0.392 e. The summed E-state index contributed by atoms with van der Waals surface area (Å²) in [5, 5.41) is 12.4. The molecule has 0 amide bonds. The maximum atomic E-state index is 9.09. The predicted octanol–water partition coefficient (Wildman–Crippen LogP) is 1.82. The van der Waals surface area contributed by atoms with Crippen molar-refractivity contribution < 1.29 is 5.11 Å². The standard InChI is InChI=1S/C15H19N3O/c1-2-15-17-7-6-14(18-15)10-16-9-12-4-3-5-13(8-12)11-19/h3-8,16,19H,2,9-11H2,1H3. The van der Waals surface area contributed by atoms with Crippen molar-refractivity contribution in [2.75, 3.05) is 0 Å². The van der Waals surface area contributed by atoms with Crippen LogP contribution >= 0.6 is 0 Å². The summed E-state index contributed by atoms with van der Waals surface area (Å²) < 4.78 is 0. The molecule has 0 bridgehead atoms. The molecule has 0 aliphatic heterocycles. The molecule has 0 spiro atoms. The number of rotatable bonds is 6. The molecule has 0 fully saturated rings. The summed E-state index contributed by atoms with van der Waals surface area (Å²) in [5.74, 6) is 0.876. The third kappa shape index (κ3) is 4.12. The zero-order chi connectivity index (χ0) is 13.5. The minimum atomic E-state index is 0.0829. The molecular formula is C15H19N3O. The number of aliphatic hydroxyl groups is 1. The van der Waals surface area contributed by atoms with Crippen molar-refractivity contribution in [1.82, 2.24) is 15.3 Å². The Hall–Kier alpha value is -1.78. The molecule has 0 unspecified atom stereocenters. The first-order valence-corrected chi connectivity index (χ1v) is 6.52. The van der Waals surface area contributed by atoms with Crippen LogP contribution in [0.5, 0.6) is 0 Å². The van der Waals surface area contributed by atoms with E-state index in [1.807, 2.05) is 37.3 Å². The van der Waals surface area contributed by atoms with Gasteiger partial charge in [-0.25, -0.2) is 9.97 Å². The van der Waals surface area contributed by atoms with E-state index in [1.54, 1.807) is 6.20 Å².